The smallest absolute Gasteiger partial charge is 0.222 e. The van der Waals surface area contributed by atoms with Crippen molar-refractivity contribution in [3.8, 4) is 0 Å². The number of hydrogen-bond donors (Lipinski definition) is 1. The van der Waals surface area contributed by atoms with E-state index < -0.39 is 10.0 Å². The van der Waals surface area contributed by atoms with Crippen LogP contribution >= 0.6 is 0 Å². The van der Waals surface area contributed by atoms with Gasteiger partial charge < -0.3 is 4.90 Å². The standard InChI is InChI=1S/C18H29N3O3S/c1-20(18(22)8-5-13-25(19,23)24)14-17-9-11-21(12-10-17)15-16-6-3-2-4-7-16/h2-4,6-7,17H,5,8-15H2,1H3,(H2,19,23,24). The zero-order valence-electron chi connectivity index (χ0n) is 14.9. The second-order valence-electron chi connectivity index (χ2n) is 6.95. The quantitative estimate of drug-likeness (QED) is 0.753. The summed E-state index contributed by atoms with van der Waals surface area (Å²) in [4.78, 5) is 16.3. The van der Waals surface area contributed by atoms with Crippen LogP contribution in [0.1, 0.15) is 31.2 Å². The lowest BCUT2D eigenvalue weighted by atomic mass is 9.96. The SMILES string of the molecule is CN(CC1CCN(Cc2ccccc2)CC1)C(=O)CCCS(N)(=O)=O. The number of hydrogen-bond acceptors (Lipinski definition) is 4. The number of piperidine rings is 1. The van der Waals surface area contributed by atoms with E-state index in [2.05, 4.69) is 29.2 Å². The molecule has 0 aromatic heterocycles. The highest BCUT2D eigenvalue weighted by Gasteiger charge is 2.22. The molecule has 0 bridgehead atoms. The third-order valence-electron chi connectivity index (χ3n) is 4.73. The van der Waals surface area contributed by atoms with Crippen LogP contribution in [0.2, 0.25) is 0 Å². The zero-order chi connectivity index (χ0) is 18.3. The van der Waals surface area contributed by atoms with Crippen LogP contribution in [0.15, 0.2) is 30.3 Å². The number of nitrogens with two attached hydrogens (primary N) is 1. The monoisotopic (exact) mass is 367 g/mol. The molecule has 1 amide bonds. The van der Waals surface area contributed by atoms with E-state index in [0.29, 0.717) is 5.92 Å². The maximum absolute atomic E-state index is 12.1. The highest BCUT2D eigenvalue weighted by atomic mass is 32.2. The molecule has 2 rings (SSSR count). The molecule has 7 heteroatoms. The fraction of sp³-hybridized carbons (Fsp3) is 0.611. The molecule has 1 aliphatic heterocycles. The molecular formula is C18H29N3O3S. The first kappa shape index (κ1) is 19.9. The van der Waals surface area contributed by atoms with Gasteiger partial charge in [0.25, 0.3) is 0 Å². The van der Waals surface area contributed by atoms with Gasteiger partial charge in [-0.2, -0.15) is 0 Å². The zero-order valence-corrected chi connectivity index (χ0v) is 15.7. The molecule has 2 N–H and O–H groups in total. The van der Waals surface area contributed by atoms with Gasteiger partial charge in [0, 0.05) is 26.6 Å². The van der Waals surface area contributed by atoms with Gasteiger partial charge in [-0.3, -0.25) is 9.69 Å². The maximum Gasteiger partial charge on any atom is 0.222 e. The van der Waals surface area contributed by atoms with Crippen LogP contribution in [-0.4, -0.2) is 56.6 Å². The van der Waals surface area contributed by atoms with Crippen molar-refractivity contribution in [3.63, 3.8) is 0 Å². The Morgan fingerprint density at radius 2 is 1.88 bits per heavy atom. The highest BCUT2D eigenvalue weighted by molar-refractivity contribution is 7.89. The van der Waals surface area contributed by atoms with Crippen molar-refractivity contribution >= 4 is 15.9 Å². The second kappa shape index (κ2) is 9.31. The van der Waals surface area contributed by atoms with E-state index >= 15 is 0 Å². The number of carbonyl (C=O) groups excluding carboxylic acids is 1. The predicted molar refractivity (Wildman–Crippen MR) is 99.3 cm³/mol. The van der Waals surface area contributed by atoms with Gasteiger partial charge in [-0.05, 0) is 43.8 Å². The summed E-state index contributed by atoms with van der Waals surface area (Å²) in [6.45, 7) is 3.82. The first-order valence-corrected chi connectivity index (χ1v) is 10.6. The Balaban J connectivity index is 1.67. The van der Waals surface area contributed by atoms with E-state index in [-0.39, 0.29) is 24.5 Å². The van der Waals surface area contributed by atoms with Crippen LogP contribution in [0, 0.1) is 5.92 Å². The Morgan fingerprint density at radius 3 is 2.48 bits per heavy atom. The first-order chi connectivity index (χ1) is 11.8. The summed E-state index contributed by atoms with van der Waals surface area (Å²) in [5.74, 6) is 0.374. The normalized spacial score (nSPS) is 16.7. The molecule has 1 aromatic carbocycles. The Kier molecular flexibility index (Phi) is 7.40. The molecule has 1 aromatic rings. The van der Waals surface area contributed by atoms with Crippen molar-refractivity contribution in [2.45, 2.75) is 32.2 Å². The summed E-state index contributed by atoms with van der Waals surface area (Å²) in [6, 6.07) is 10.5. The summed E-state index contributed by atoms with van der Waals surface area (Å²) in [6.07, 6.45) is 2.70. The summed E-state index contributed by atoms with van der Waals surface area (Å²) in [7, 11) is -1.68. The van der Waals surface area contributed by atoms with Crippen molar-refractivity contribution in [2.24, 2.45) is 11.1 Å². The van der Waals surface area contributed by atoms with E-state index in [1.54, 1.807) is 11.9 Å². The first-order valence-electron chi connectivity index (χ1n) is 8.84. The van der Waals surface area contributed by atoms with Gasteiger partial charge in [-0.25, -0.2) is 13.6 Å². The van der Waals surface area contributed by atoms with E-state index in [0.717, 1.165) is 39.0 Å². The number of likely N-dealkylation sites (tertiary alicyclic amines) is 1. The van der Waals surface area contributed by atoms with Gasteiger partial charge in [0.05, 0.1) is 5.75 Å². The molecule has 0 atom stereocenters. The summed E-state index contributed by atoms with van der Waals surface area (Å²) < 4.78 is 21.8. The summed E-state index contributed by atoms with van der Waals surface area (Å²) >= 11 is 0. The van der Waals surface area contributed by atoms with Crippen LogP contribution in [0.4, 0.5) is 0 Å². The van der Waals surface area contributed by atoms with Crippen molar-refractivity contribution in [1.82, 2.24) is 9.80 Å². The number of sulfonamides is 1. The largest absolute Gasteiger partial charge is 0.345 e. The van der Waals surface area contributed by atoms with Crippen LogP contribution in [-0.2, 0) is 21.4 Å². The molecule has 0 saturated carbocycles. The van der Waals surface area contributed by atoms with Crippen molar-refractivity contribution < 1.29 is 13.2 Å². The minimum atomic E-state index is -3.48. The van der Waals surface area contributed by atoms with Crippen molar-refractivity contribution in [3.05, 3.63) is 35.9 Å². The van der Waals surface area contributed by atoms with Crippen LogP contribution in [0.3, 0.4) is 0 Å². The van der Waals surface area contributed by atoms with E-state index in [4.69, 9.17) is 5.14 Å². The number of carbonyl (C=O) groups is 1. The van der Waals surface area contributed by atoms with Crippen LogP contribution in [0.25, 0.3) is 0 Å². The minimum Gasteiger partial charge on any atom is -0.345 e. The molecule has 1 aliphatic rings. The maximum atomic E-state index is 12.1. The Bertz CT molecular complexity index is 641. The average molecular weight is 368 g/mol. The second-order valence-corrected chi connectivity index (χ2v) is 8.68. The molecule has 0 aliphatic carbocycles. The number of nitrogens with zero attached hydrogens (tertiary/aromatic N) is 2. The topological polar surface area (TPSA) is 83.7 Å². The van der Waals surface area contributed by atoms with E-state index in [1.807, 2.05) is 6.07 Å². The molecule has 6 nitrogen and oxygen atoms in total. The number of benzene rings is 1. The van der Waals surface area contributed by atoms with Crippen LogP contribution < -0.4 is 5.14 Å². The highest BCUT2D eigenvalue weighted by Crippen LogP contribution is 2.20. The molecule has 1 heterocycles. The predicted octanol–water partition coefficient (Wildman–Crippen LogP) is 1.43. The fourth-order valence-electron chi connectivity index (χ4n) is 3.27. The van der Waals surface area contributed by atoms with Gasteiger partial charge in [0.15, 0.2) is 0 Å². The summed E-state index contributed by atoms with van der Waals surface area (Å²) in [5.41, 5.74) is 1.34. The number of amides is 1. The number of rotatable bonds is 8. The molecule has 140 valence electrons. The third kappa shape index (κ3) is 7.54. The number of primary sulfonamides is 1. The molecular weight excluding hydrogens is 338 g/mol. The third-order valence-corrected chi connectivity index (χ3v) is 5.59. The van der Waals surface area contributed by atoms with Gasteiger partial charge in [-0.1, -0.05) is 30.3 Å². The summed E-state index contributed by atoms with van der Waals surface area (Å²) in [5, 5.41) is 4.96. The molecule has 1 fully saturated rings. The lowest BCUT2D eigenvalue weighted by molar-refractivity contribution is -0.130. The van der Waals surface area contributed by atoms with Crippen molar-refractivity contribution in [1.29, 1.82) is 0 Å². The Morgan fingerprint density at radius 1 is 1.24 bits per heavy atom. The Hall–Kier alpha value is -1.44. The van der Waals surface area contributed by atoms with Gasteiger partial charge in [0.1, 0.15) is 0 Å². The molecule has 25 heavy (non-hydrogen) atoms. The molecule has 0 unspecified atom stereocenters. The van der Waals surface area contributed by atoms with E-state index in [1.165, 1.54) is 5.56 Å². The molecule has 0 spiro atoms. The molecule has 1 saturated heterocycles. The lowest BCUT2D eigenvalue weighted by Gasteiger charge is -2.34. The van der Waals surface area contributed by atoms with E-state index in [9.17, 15) is 13.2 Å². The van der Waals surface area contributed by atoms with Crippen molar-refractivity contribution in [2.75, 3.05) is 32.4 Å². The molecule has 0 radical (unpaired) electrons. The van der Waals surface area contributed by atoms with Crippen LogP contribution in [0.5, 0.6) is 0 Å². The minimum absolute atomic E-state index is 0.00429. The lowest BCUT2D eigenvalue weighted by Crippen LogP contribution is -2.39. The van der Waals surface area contributed by atoms with Gasteiger partial charge in [0.2, 0.25) is 15.9 Å². The van der Waals surface area contributed by atoms with Gasteiger partial charge >= 0.3 is 0 Å². The van der Waals surface area contributed by atoms with Gasteiger partial charge in [-0.15, -0.1) is 0 Å². The fourth-order valence-corrected chi connectivity index (χ4v) is 3.82. The average Bonchev–Trinajstić information content (AvgIpc) is 2.56. The Labute approximate surface area is 151 Å².